The van der Waals surface area contributed by atoms with Gasteiger partial charge < -0.3 is 0 Å². The maximum Gasteiger partial charge on any atom is 0.0227 e. The van der Waals surface area contributed by atoms with Crippen molar-refractivity contribution in [2.75, 3.05) is 0 Å². The van der Waals surface area contributed by atoms with Gasteiger partial charge >= 0.3 is 0 Å². The Labute approximate surface area is 87.3 Å². The normalized spacial score (nSPS) is 25.9. The van der Waals surface area contributed by atoms with Crippen LogP contribution in [0.2, 0.25) is 0 Å². The van der Waals surface area contributed by atoms with Crippen molar-refractivity contribution in [1.82, 2.24) is 0 Å². The van der Waals surface area contributed by atoms with Crippen LogP contribution >= 0.6 is 0 Å². The molecule has 2 aliphatic rings. The van der Waals surface area contributed by atoms with Gasteiger partial charge in [-0.3, -0.25) is 4.99 Å². The lowest BCUT2D eigenvalue weighted by atomic mass is 9.78. The summed E-state index contributed by atoms with van der Waals surface area (Å²) < 4.78 is 0. The molecule has 0 bridgehead atoms. The summed E-state index contributed by atoms with van der Waals surface area (Å²) in [5.74, 6) is 1.66. The summed E-state index contributed by atoms with van der Waals surface area (Å²) >= 11 is 0. The van der Waals surface area contributed by atoms with Crippen LogP contribution in [0.4, 0.5) is 0 Å². The standard InChI is InChI=1S/C13H21N/c1-11(12-7-3-2-4-8-12)13-9-5-6-10-14-13/h6,10-12H,2-5,7-9H2,1H3. The van der Waals surface area contributed by atoms with Gasteiger partial charge in [-0.1, -0.05) is 32.3 Å². The van der Waals surface area contributed by atoms with Crippen molar-refractivity contribution >= 4 is 5.71 Å². The van der Waals surface area contributed by atoms with Crippen LogP contribution in [0.25, 0.3) is 0 Å². The molecule has 0 aromatic carbocycles. The monoisotopic (exact) mass is 191 g/mol. The van der Waals surface area contributed by atoms with Crippen molar-refractivity contribution in [3.05, 3.63) is 12.3 Å². The largest absolute Gasteiger partial charge is 0.266 e. The average Bonchev–Trinajstić information content (AvgIpc) is 2.30. The van der Waals surface area contributed by atoms with Crippen LogP contribution < -0.4 is 0 Å². The minimum atomic E-state index is 0.736. The molecule has 1 aliphatic heterocycles. The zero-order chi connectivity index (χ0) is 9.80. The quantitative estimate of drug-likeness (QED) is 0.626. The molecular formula is C13H21N. The lowest BCUT2D eigenvalue weighted by Gasteiger charge is -2.29. The Bertz CT molecular complexity index is 234. The fourth-order valence-corrected chi connectivity index (χ4v) is 2.77. The minimum absolute atomic E-state index is 0.736. The van der Waals surface area contributed by atoms with Gasteiger partial charge in [-0.05, 0) is 37.5 Å². The second-order valence-electron chi connectivity index (χ2n) is 4.73. The third-order valence-corrected chi connectivity index (χ3v) is 3.80. The van der Waals surface area contributed by atoms with Gasteiger partial charge in [0.2, 0.25) is 0 Å². The van der Waals surface area contributed by atoms with E-state index < -0.39 is 0 Å². The first-order chi connectivity index (χ1) is 6.88. The van der Waals surface area contributed by atoms with Crippen molar-refractivity contribution in [2.24, 2.45) is 16.8 Å². The van der Waals surface area contributed by atoms with E-state index in [1.807, 2.05) is 6.20 Å². The molecule has 0 saturated heterocycles. The highest BCUT2D eigenvalue weighted by Gasteiger charge is 2.23. The van der Waals surface area contributed by atoms with E-state index >= 15 is 0 Å². The molecule has 78 valence electrons. The molecule has 1 saturated carbocycles. The van der Waals surface area contributed by atoms with E-state index in [1.165, 1.54) is 50.7 Å². The van der Waals surface area contributed by atoms with Gasteiger partial charge in [0.25, 0.3) is 0 Å². The number of rotatable bonds is 2. The van der Waals surface area contributed by atoms with Crippen molar-refractivity contribution in [2.45, 2.75) is 51.9 Å². The van der Waals surface area contributed by atoms with E-state index in [-0.39, 0.29) is 0 Å². The number of nitrogens with zero attached hydrogens (tertiary/aromatic N) is 1. The van der Waals surface area contributed by atoms with Gasteiger partial charge in [0.1, 0.15) is 0 Å². The molecule has 0 aromatic rings. The summed E-state index contributed by atoms with van der Waals surface area (Å²) in [5, 5.41) is 0. The van der Waals surface area contributed by atoms with Crippen LogP contribution in [0.5, 0.6) is 0 Å². The minimum Gasteiger partial charge on any atom is -0.266 e. The van der Waals surface area contributed by atoms with Gasteiger partial charge in [0.05, 0.1) is 0 Å². The molecule has 1 heterocycles. The number of hydrogen-bond donors (Lipinski definition) is 0. The second-order valence-corrected chi connectivity index (χ2v) is 4.73. The average molecular weight is 191 g/mol. The maximum atomic E-state index is 4.54. The molecule has 14 heavy (non-hydrogen) atoms. The molecule has 0 spiro atoms. The molecule has 0 aromatic heterocycles. The predicted octanol–water partition coefficient (Wildman–Crippen LogP) is 3.95. The van der Waals surface area contributed by atoms with E-state index in [0.29, 0.717) is 0 Å². The van der Waals surface area contributed by atoms with E-state index in [2.05, 4.69) is 18.0 Å². The van der Waals surface area contributed by atoms with Gasteiger partial charge in [-0.25, -0.2) is 0 Å². The maximum absolute atomic E-state index is 4.54. The Morgan fingerprint density at radius 1 is 1.29 bits per heavy atom. The molecule has 0 amide bonds. The molecular weight excluding hydrogens is 170 g/mol. The van der Waals surface area contributed by atoms with Crippen LogP contribution in [-0.2, 0) is 0 Å². The zero-order valence-corrected chi connectivity index (χ0v) is 9.21. The van der Waals surface area contributed by atoms with Crippen LogP contribution in [0, 0.1) is 11.8 Å². The summed E-state index contributed by atoms with van der Waals surface area (Å²) in [6, 6.07) is 0. The molecule has 2 rings (SSSR count). The summed E-state index contributed by atoms with van der Waals surface area (Å²) in [5.41, 5.74) is 1.46. The lowest BCUT2D eigenvalue weighted by molar-refractivity contribution is 0.310. The molecule has 1 atom stereocenters. The molecule has 1 fully saturated rings. The van der Waals surface area contributed by atoms with Crippen molar-refractivity contribution in [1.29, 1.82) is 0 Å². The lowest BCUT2D eigenvalue weighted by Crippen LogP contribution is -2.23. The topological polar surface area (TPSA) is 12.4 Å². The van der Waals surface area contributed by atoms with Crippen molar-refractivity contribution in [3.8, 4) is 0 Å². The third kappa shape index (κ3) is 2.26. The van der Waals surface area contributed by atoms with Crippen LogP contribution in [-0.4, -0.2) is 5.71 Å². The molecule has 1 aliphatic carbocycles. The molecule has 1 heteroatoms. The van der Waals surface area contributed by atoms with E-state index in [4.69, 9.17) is 0 Å². The molecule has 0 radical (unpaired) electrons. The Hall–Kier alpha value is -0.590. The van der Waals surface area contributed by atoms with Gasteiger partial charge in [0.15, 0.2) is 0 Å². The number of aliphatic imine (C=N–C) groups is 1. The highest BCUT2D eigenvalue weighted by atomic mass is 14.7. The van der Waals surface area contributed by atoms with Gasteiger partial charge in [-0.2, -0.15) is 0 Å². The van der Waals surface area contributed by atoms with Crippen LogP contribution in [0.3, 0.4) is 0 Å². The molecule has 1 unspecified atom stereocenters. The van der Waals surface area contributed by atoms with E-state index in [9.17, 15) is 0 Å². The van der Waals surface area contributed by atoms with Crippen LogP contribution in [0.1, 0.15) is 51.9 Å². The Balaban J connectivity index is 1.95. The Morgan fingerprint density at radius 2 is 2.07 bits per heavy atom. The Morgan fingerprint density at radius 3 is 2.71 bits per heavy atom. The number of allylic oxidation sites excluding steroid dienone is 1. The first-order valence-corrected chi connectivity index (χ1v) is 6.09. The first-order valence-electron chi connectivity index (χ1n) is 6.09. The summed E-state index contributed by atoms with van der Waals surface area (Å²) in [6.07, 6.45) is 13.8. The predicted molar refractivity (Wildman–Crippen MR) is 61.5 cm³/mol. The van der Waals surface area contributed by atoms with Crippen molar-refractivity contribution in [3.63, 3.8) is 0 Å². The Kier molecular flexibility index (Phi) is 3.39. The van der Waals surface area contributed by atoms with Gasteiger partial charge in [-0.15, -0.1) is 0 Å². The van der Waals surface area contributed by atoms with Gasteiger partial charge in [0, 0.05) is 11.9 Å². The molecule has 1 nitrogen and oxygen atoms in total. The third-order valence-electron chi connectivity index (χ3n) is 3.80. The van der Waals surface area contributed by atoms with Crippen LogP contribution in [0.15, 0.2) is 17.3 Å². The summed E-state index contributed by atoms with van der Waals surface area (Å²) in [6.45, 7) is 2.38. The molecule has 0 N–H and O–H groups in total. The fourth-order valence-electron chi connectivity index (χ4n) is 2.77. The van der Waals surface area contributed by atoms with Crippen molar-refractivity contribution < 1.29 is 0 Å². The summed E-state index contributed by atoms with van der Waals surface area (Å²) in [4.78, 5) is 4.54. The first kappa shape index (κ1) is 9.95. The summed E-state index contributed by atoms with van der Waals surface area (Å²) in [7, 11) is 0. The highest BCUT2D eigenvalue weighted by molar-refractivity contribution is 5.88. The zero-order valence-electron chi connectivity index (χ0n) is 9.21. The SMILES string of the molecule is CC(C1=NC=CCC1)C1CCCCC1. The smallest absolute Gasteiger partial charge is 0.0227 e. The second kappa shape index (κ2) is 4.77. The highest BCUT2D eigenvalue weighted by Crippen LogP contribution is 2.31. The fraction of sp³-hybridized carbons (Fsp3) is 0.769. The van der Waals surface area contributed by atoms with E-state index in [0.717, 1.165) is 11.8 Å². The number of hydrogen-bond acceptors (Lipinski definition) is 1. The van der Waals surface area contributed by atoms with E-state index in [1.54, 1.807) is 0 Å².